The number of aromatic amines is 1. The van der Waals surface area contributed by atoms with Crippen molar-refractivity contribution < 1.29 is 0 Å². The Balaban J connectivity index is 1.44. The molecule has 1 aliphatic heterocycles. The Bertz CT molecular complexity index is 896. The molecule has 0 atom stereocenters. The van der Waals surface area contributed by atoms with E-state index >= 15 is 0 Å². The maximum Gasteiger partial charge on any atom is 0.220 e. The summed E-state index contributed by atoms with van der Waals surface area (Å²) in [5, 5.41) is 2.00. The van der Waals surface area contributed by atoms with Gasteiger partial charge in [0.15, 0.2) is 0 Å². The third-order valence-corrected chi connectivity index (χ3v) is 5.44. The van der Waals surface area contributed by atoms with Crippen molar-refractivity contribution in [3.05, 3.63) is 52.4 Å². The highest BCUT2D eigenvalue weighted by Gasteiger charge is 2.23. The lowest BCUT2D eigenvalue weighted by molar-refractivity contribution is 0.201. The summed E-state index contributed by atoms with van der Waals surface area (Å²) in [7, 11) is 0. The molecule has 0 bridgehead atoms. The molecule has 4 rings (SSSR count). The van der Waals surface area contributed by atoms with E-state index in [4.69, 9.17) is 17.3 Å². The topological polar surface area (TPSA) is 70.8 Å². The molecule has 1 aliphatic rings. The third-order valence-electron chi connectivity index (χ3n) is 5.21. The minimum atomic E-state index is 0.368. The normalized spacial score (nSPS) is 16.6. The zero-order valence-electron chi connectivity index (χ0n) is 14.3. The highest BCUT2D eigenvalue weighted by atomic mass is 35.5. The van der Waals surface area contributed by atoms with Gasteiger partial charge < -0.3 is 10.7 Å². The number of aromatic nitrogens is 3. The van der Waals surface area contributed by atoms with Crippen LogP contribution in [0.4, 0.5) is 5.95 Å². The van der Waals surface area contributed by atoms with Crippen LogP contribution in [0.5, 0.6) is 0 Å². The quantitative estimate of drug-likeness (QED) is 0.747. The summed E-state index contributed by atoms with van der Waals surface area (Å²) in [4.78, 5) is 14.4. The Morgan fingerprint density at radius 1 is 1.28 bits per heavy atom. The molecular weight excluding hydrogens is 334 g/mol. The van der Waals surface area contributed by atoms with E-state index in [9.17, 15) is 0 Å². The Morgan fingerprint density at radius 3 is 2.84 bits per heavy atom. The maximum absolute atomic E-state index is 6.13. The number of hydrogen-bond acceptors (Lipinski definition) is 4. The first-order valence-electron chi connectivity index (χ1n) is 8.67. The molecule has 0 amide bonds. The summed E-state index contributed by atoms with van der Waals surface area (Å²) in [6.07, 6.45) is 3.95. The summed E-state index contributed by atoms with van der Waals surface area (Å²) in [5.74, 6) is 0.844. The maximum atomic E-state index is 6.13. The van der Waals surface area contributed by atoms with Crippen LogP contribution < -0.4 is 5.73 Å². The number of hydrogen-bond donors (Lipinski definition) is 2. The van der Waals surface area contributed by atoms with Crippen LogP contribution in [0.3, 0.4) is 0 Å². The lowest BCUT2D eigenvalue weighted by atomic mass is 9.93. The molecular formula is C19H22ClN5. The van der Waals surface area contributed by atoms with Crippen LogP contribution in [-0.4, -0.2) is 32.9 Å². The van der Waals surface area contributed by atoms with Crippen molar-refractivity contribution >= 4 is 28.5 Å². The number of nitrogens with one attached hydrogen (secondary N) is 1. The fourth-order valence-electron chi connectivity index (χ4n) is 3.74. The van der Waals surface area contributed by atoms with Crippen LogP contribution >= 0.6 is 11.6 Å². The van der Waals surface area contributed by atoms with Gasteiger partial charge in [0, 0.05) is 46.0 Å². The molecule has 0 spiro atoms. The minimum Gasteiger partial charge on any atom is -0.368 e. The van der Waals surface area contributed by atoms with E-state index in [1.807, 2.05) is 18.2 Å². The Labute approximate surface area is 152 Å². The summed E-state index contributed by atoms with van der Waals surface area (Å²) < 4.78 is 0. The molecule has 1 saturated heterocycles. The SMILES string of the molecule is Cc1c(CN2CCC(c3ccnc(N)n3)CC2)[nH]c2ccc(Cl)cc12. The number of H-pyrrole nitrogens is 1. The molecule has 5 nitrogen and oxygen atoms in total. The highest BCUT2D eigenvalue weighted by molar-refractivity contribution is 6.31. The van der Waals surface area contributed by atoms with Crippen LogP contribution in [0.15, 0.2) is 30.5 Å². The number of fused-ring (bicyclic) bond motifs is 1. The average molecular weight is 356 g/mol. The molecule has 1 aromatic carbocycles. The van der Waals surface area contributed by atoms with Crippen molar-refractivity contribution in [3.63, 3.8) is 0 Å². The number of nitrogens with zero attached hydrogens (tertiary/aromatic N) is 3. The molecule has 6 heteroatoms. The van der Waals surface area contributed by atoms with Crippen molar-refractivity contribution in [2.24, 2.45) is 0 Å². The first kappa shape index (κ1) is 16.4. The van der Waals surface area contributed by atoms with Crippen molar-refractivity contribution in [3.8, 4) is 0 Å². The number of nitrogen functional groups attached to an aromatic ring is 1. The second-order valence-corrected chi connectivity index (χ2v) is 7.25. The van der Waals surface area contributed by atoms with E-state index in [-0.39, 0.29) is 0 Å². The smallest absolute Gasteiger partial charge is 0.220 e. The van der Waals surface area contributed by atoms with Crippen LogP contribution in [-0.2, 0) is 6.54 Å². The second-order valence-electron chi connectivity index (χ2n) is 6.81. The molecule has 0 unspecified atom stereocenters. The number of anilines is 1. The zero-order chi connectivity index (χ0) is 17.4. The molecule has 0 radical (unpaired) electrons. The lowest BCUT2D eigenvalue weighted by Gasteiger charge is -2.31. The molecule has 1 fully saturated rings. The average Bonchev–Trinajstić information content (AvgIpc) is 2.91. The summed E-state index contributed by atoms with van der Waals surface area (Å²) in [5.41, 5.74) is 10.5. The highest BCUT2D eigenvalue weighted by Crippen LogP contribution is 2.29. The van der Waals surface area contributed by atoms with Crippen molar-refractivity contribution in [2.45, 2.75) is 32.2 Å². The summed E-state index contributed by atoms with van der Waals surface area (Å²) in [6, 6.07) is 8.02. The predicted molar refractivity (Wildman–Crippen MR) is 102 cm³/mol. The lowest BCUT2D eigenvalue weighted by Crippen LogP contribution is -2.33. The number of piperidine rings is 1. The molecule has 0 saturated carbocycles. The predicted octanol–water partition coefficient (Wildman–Crippen LogP) is 3.88. The van der Waals surface area contributed by atoms with Gasteiger partial charge in [-0.1, -0.05) is 11.6 Å². The number of nitrogens with two attached hydrogens (primary N) is 1. The van der Waals surface area contributed by atoms with Crippen LogP contribution in [0.1, 0.15) is 35.7 Å². The van der Waals surface area contributed by atoms with Gasteiger partial charge in [-0.05, 0) is 62.7 Å². The standard InChI is InChI=1S/C19H22ClN5/c1-12-15-10-14(20)2-3-17(15)23-18(12)11-25-8-5-13(6-9-25)16-4-7-22-19(21)24-16/h2-4,7,10,13,23H,5-6,8-9,11H2,1H3,(H2,21,22,24). The molecule has 3 heterocycles. The molecule has 25 heavy (non-hydrogen) atoms. The van der Waals surface area contributed by atoms with Crippen LogP contribution in [0.2, 0.25) is 5.02 Å². The minimum absolute atomic E-state index is 0.368. The molecule has 2 aromatic heterocycles. The number of likely N-dealkylation sites (tertiary alicyclic amines) is 1. The monoisotopic (exact) mass is 355 g/mol. The number of rotatable bonds is 3. The van der Waals surface area contributed by atoms with Gasteiger partial charge in [-0.3, -0.25) is 4.90 Å². The van der Waals surface area contributed by atoms with E-state index in [0.717, 1.165) is 48.7 Å². The molecule has 3 N–H and O–H groups in total. The van der Waals surface area contributed by atoms with E-state index in [1.165, 1.54) is 16.6 Å². The number of halogens is 1. The van der Waals surface area contributed by atoms with Gasteiger partial charge in [-0.25, -0.2) is 9.97 Å². The van der Waals surface area contributed by atoms with E-state index in [1.54, 1.807) is 6.20 Å². The van der Waals surface area contributed by atoms with Gasteiger partial charge in [-0.15, -0.1) is 0 Å². The van der Waals surface area contributed by atoms with E-state index in [0.29, 0.717) is 11.9 Å². The largest absolute Gasteiger partial charge is 0.368 e. The van der Waals surface area contributed by atoms with E-state index in [2.05, 4.69) is 32.8 Å². The van der Waals surface area contributed by atoms with Crippen LogP contribution in [0.25, 0.3) is 10.9 Å². The fourth-order valence-corrected chi connectivity index (χ4v) is 3.91. The van der Waals surface area contributed by atoms with Crippen molar-refractivity contribution in [2.75, 3.05) is 18.8 Å². The van der Waals surface area contributed by atoms with Gasteiger partial charge in [0.2, 0.25) is 5.95 Å². The number of benzene rings is 1. The van der Waals surface area contributed by atoms with Crippen molar-refractivity contribution in [1.29, 1.82) is 0 Å². The Kier molecular flexibility index (Phi) is 4.36. The third kappa shape index (κ3) is 3.34. The van der Waals surface area contributed by atoms with Gasteiger partial charge in [-0.2, -0.15) is 0 Å². The Morgan fingerprint density at radius 2 is 2.08 bits per heavy atom. The molecule has 3 aromatic rings. The fraction of sp³-hybridized carbons (Fsp3) is 0.368. The second kappa shape index (κ2) is 6.65. The van der Waals surface area contributed by atoms with Gasteiger partial charge in [0.05, 0.1) is 0 Å². The Hall–Kier alpha value is -2.11. The van der Waals surface area contributed by atoms with Crippen molar-refractivity contribution in [1.82, 2.24) is 19.9 Å². The first-order valence-corrected chi connectivity index (χ1v) is 9.05. The number of aryl methyl sites for hydroxylation is 1. The van der Waals surface area contributed by atoms with E-state index < -0.39 is 0 Å². The summed E-state index contributed by atoms with van der Waals surface area (Å²) >= 11 is 6.13. The zero-order valence-corrected chi connectivity index (χ0v) is 15.1. The first-order chi connectivity index (χ1) is 12.1. The van der Waals surface area contributed by atoms with Gasteiger partial charge in [0.25, 0.3) is 0 Å². The summed E-state index contributed by atoms with van der Waals surface area (Å²) in [6.45, 7) is 5.23. The molecule has 0 aliphatic carbocycles. The van der Waals surface area contributed by atoms with Gasteiger partial charge in [0.1, 0.15) is 0 Å². The molecule has 130 valence electrons. The van der Waals surface area contributed by atoms with Gasteiger partial charge >= 0.3 is 0 Å². The van der Waals surface area contributed by atoms with Crippen LogP contribution in [0, 0.1) is 6.92 Å².